The quantitative estimate of drug-likeness (QED) is 0.509. The van der Waals surface area contributed by atoms with Crippen LogP contribution in [-0.4, -0.2) is 13.8 Å². The van der Waals surface area contributed by atoms with E-state index in [-0.39, 0.29) is 6.10 Å². The molecule has 1 rings (SSSR count). The minimum absolute atomic E-state index is 0.170. The van der Waals surface area contributed by atoms with Crippen LogP contribution >= 0.6 is 0 Å². The number of hydrogen-bond acceptors (Lipinski definition) is 2. The monoisotopic (exact) mass is 259 g/mol. The largest absolute Gasteiger partial charge is 0.572 e. The van der Waals surface area contributed by atoms with Gasteiger partial charge < -0.3 is 9.31 Å². The molecule has 0 saturated carbocycles. The summed E-state index contributed by atoms with van der Waals surface area (Å²) < 4.78 is 11.2. The van der Waals surface area contributed by atoms with Gasteiger partial charge in [-0.15, -0.1) is 0 Å². The van der Waals surface area contributed by atoms with E-state index in [1.54, 1.807) is 0 Å². The highest BCUT2D eigenvalue weighted by Gasteiger charge is 2.16. The van der Waals surface area contributed by atoms with Crippen LogP contribution in [0.5, 0.6) is 5.75 Å². The van der Waals surface area contributed by atoms with E-state index in [0.29, 0.717) is 5.92 Å². The fourth-order valence-electron chi connectivity index (χ4n) is 1.69. The normalized spacial score (nSPS) is 13.5. The van der Waals surface area contributed by atoms with Crippen molar-refractivity contribution in [2.75, 3.05) is 0 Å². The van der Waals surface area contributed by atoms with E-state index in [1.807, 2.05) is 30.3 Å². The van der Waals surface area contributed by atoms with Crippen molar-refractivity contribution in [3.8, 4) is 5.75 Å². The fourth-order valence-corrected chi connectivity index (χ4v) is 1.69. The summed E-state index contributed by atoms with van der Waals surface area (Å²) >= 11 is 0. The second-order valence-corrected chi connectivity index (χ2v) is 5.10. The van der Waals surface area contributed by atoms with Crippen molar-refractivity contribution >= 4 is 7.69 Å². The Balaban J connectivity index is 2.42. The van der Waals surface area contributed by atoms with Gasteiger partial charge in [-0.05, 0) is 38.3 Å². The molecule has 1 aromatic rings. The maximum Gasteiger partial charge on any atom is 0.572 e. The second-order valence-electron chi connectivity index (χ2n) is 5.10. The van der Waals surface area contributed by atoms with E-state index in [1.165, 1.54) is 13.3 Å². The van der Waals surface area contributed by atoms with Crippen molar-refractivity contribution in [1.29, 1.82) is 0 Å². The predicted molar refractivity (Wildman–Crippen MR) is 81.2 cm³/mol. The van der Waals surface area contributed by atoms with Crippen molar-refractivity contribution in [1.82, 2.24) is 0 Å². The lowest BCUT2D eigenvalue weighted by Crippen LogP contribution is -2.25. The molecule has 0 N–H and O–H groups in total. The molecule has 1 aromatic carbocycles. The zero-order valence-corrected chi connectivity index (χ0v) is 12.4. The Kier molecular flexibility index (Phi) is 7.35. The highest BCUT2D eigenvalue weighted by molar-refractivity contribution is 6.19. The molecule has 0 saturated heterocycles. The number of hydrogen-bond donors (Lipinski definition) is 0. The van der Waals surface area contributed by atoms with Crippen LogP contribution in [0.2, 0.25) is 0 Å². The topological polar surface area (TPSA) is 18.5 Å². The Morgan fingerprint density at radius 2 is 1.95 bits per heavy atom. The Morgan fingerprint density at radius 3 is 2.53 bits per heavy atom. The number of allylic oxidation sites excluding steroid dienone is 1. The molecule has 0 aliphatic rings. The Morgan fingerprint density at radius 1 is 1.26 bits per heavy atom. The highest BCUT2D eigenvalue weighted by atomic mass is 16.6. The third-order valence-corrected chi connectivity index (χ3v) is 3.19. The Hall–Kier alpha value is -1.22. The van der Waals surface area contributed by atoms with Gasteiger partial charge in [0.05, 0.1) is 5.75 Å². The number of rotatable bonds is 8. The maximum absolute atomic E-state index is 5.76. The van der Waals surface area contributed by atoms with E-state index in [0.717, 1.165) is 18.6 Å². The average molecular weight is 259 g/mol. The van der Waals surface area contributed by atoms with Crippen LogP contribution in [0.4, 0.5) is 0 Å². The Labute approximate surface area is 118 Å². The van der Waals surface area contributed by atoms with E-state index in [4.69, 9.17) is 9.31 Å². The van der Waals surface area contributed by atoms with Crippen LogP contribution in [0.1, 0.15) is 40.5 Å². The molecular formula is C16H24BO2. The zero-order valence-electron chi connectivity index (χ0n) is 12.4. The highest BCUT2D eigenvalue weighted by Crippen LogP contribution is 2.17. The minimum Gasteiger partial charge on any atom is -0.537 e. The van der Waals surface area contributed by atoms with Crippen molar-refractivity contribution in [3.05, 3.63) is 42.0 Å². The summed E-state index contributed by atoms with van der Waals surface area (Å²) in [7, 11) is 1.46. The summed E-state index contributed by atoms with van der Waals surface area (Å²) in [6.45, 7) is 8.61. The molecule has 0 aliphatic heterocycles. The molecule has 1 radical (unpaired) electrons. The standard InChI is InChI=1S/C16H24BO2/c1-5-14(4)16(12-11-13(2)3)19-17-18-15-9-7-6-8-10-15/h6-11,14,16H,5,12H2,1-4H3/t14-,16?/m0/s1. The van der Waals surface area contributed by atoms with Gasteiger partial charge in [-0.1, -0.05) is 50.1 Å². The molecule has 2 nitrogen and oxygen atoms in total. The van der Waals surface area contributed by atoms with Gasteiger partial charge >= 0.3 is 7.69 Å². The van der Waals surface area contributed by atoms with E-state index in [2.05, 4.69) is 33.8 Å². The second kappa shape index (κ2) is 8.81. The van der Waals surface area contributed by atoms with E-state index in [9.17, 15) is 0 Å². The van der Waals surface area contributed by atoms with Crippen LogP contribution in [0.3, 0.4) is 0 Å². The summed E-state index contributed by atoms with van der Waals surface area (Å²) in [6.07, 6.45) is 4.41. The van der Waals surface area contributed by atoms with Gasteiger partial charge in [0.25, 0.3) is 0 Å². The van der Waals surface area contributed by atoms with Gasteiger partial charge in [0.15, 0.2) is 0 Å². The molecule has 0 aliphatic carbocycles. The number of para-hydroxylation sites is 1. The lowest BCUT2D eigenvalue weighted by Gasteiger charge is -2.22. The molecule has 0 spiro atoms. The molecule has 0 fully saturated rings. The molecule has 103 valence electrons. The van der Waals surface area contributed by atoms with Crippen molar-refractivity contribution in [2.24, 2.45) is 5.92 Å². The summed E-state index contributed by atoms with van der Waals surface area (Å²) in [5.41, 5.74) is 1.32. The predicted octanol–water partition coefficient (Wildman–Crippen LogP) is 4.39. The molecular weight excluding hydrogens is 235 g/mol. The zero-order chi connectivity index (χ0) is 14.1. The van der Waals surface area contributed by atoms with Gasteiger partial charge in [-0.3, -0.25) is 0 Å². The molecule has 0 amide bonds. The molecule has 0 heterocycles. The third kappa shape index (κ3) is 6.49. The van der Waals surface area contributed by atoms with Gasteiger partial charge in [0, 0.05) is 6.10 Å². The van der Waals surface area contributed by atoms with Gasteiger partial charge in [-0.2, -0.15) is 0 Å². The van der Waals surface area contributed by atoms with Gasteiger partial charge in [-0.25, -0.2) is 0 Å². The van der Waals surface area contributed by atoms with Gasteiger partial charge in [0.2, 0.25) is 0 Å². The SMILES string of the molecule is CC[C@H](C)C(CC=C(C)C)O[B]Oc1ccccc1. The van der Waals surface area contributed by atoms with E-state index < -0.39 is 0 Å². The van der Waals surface area contributed by atoms with Crippen LogP contribution < -0.4 is 4.65 Å². The van der Waals surface area contributed by atoms with Crippen molar-refractivity contribution < 1.29 is 9.31 Å². The lowest BCUT2D eigenvalue weighted by molar-refractivity contribution is 0.131. The summed E-state index contributed by atoms with van der Waals surface area (Å²) in [6, 6.07) is 9.67. The molecule has 0 aromatic heterocycles. The minimum atomic E-state index is 0.170. The first-order valence-corrected chi connectivity index (χ1v) is 6.95. The van der Waals surface area contributed by atoms with E-state index >= 15 is 0 Å². The fraction of sp³-hybridized carbons (Fsp3) is 0.500. The number of benzene rings is 1. The van der Waals surface area contributed by atoms with Crippen LogP contribution in [0, 0.1) is 5.92 Å². The average Bonchev–Trinajstić information content (AvgIpc) is 2.42. The first-order valence-electron chi connectivity index (χ1n) is 6.95. The lowest BCUT2D eigenvalue weighted by atomic mass is 9.97. The summed E-state index contributed by atoms with van der Waals surface area (Å²) in [5.74, 6) is 1.30. The van der Waals surface area contributed by atoms with Crippen LogP contribution in [-0.2, 0) is 4.65 Å². The third-order valence-electron chi connectivity index (χ3n) is 3.19. The molecule has 2 atom stereocenters. The first-order chi connectivity index (χ1) is 9.13. The first kappa shape index (κ1) is 15.8. The van der Waals surface area contributed by atoms with Crippen molar-refractivity contribution in [3.63, 3.8) is 0 Å². The van der Waals surface area contributed by atoms with Crippen LogP contribution in [0.15, 0.2) is 42.0 Å². The van der Waals surface area contributed by atoms with Crippen molar-refractivity contribution in [2.45, 2.75) is 46.6 Å². The molecule has 19 heavy (non-hydrogen) atoms. The van der Waals surface area contributed by atoms with Crippen LogP contribution in [0.25, 0.3) is 0 Å². The summed E-state index contributed by atoms with van der Waals surface area (Å²) in [4.78, 5) is 0. The maximum atomic E-state index is 5.76. The molecule has 0 bridgehead atoms. The smallest absolute Gasteiger partial charge is 0.537 e. The van der Waals surface area contributed by atoms with Gasteiger partial charge in [0.1, 0.15) is 0 Å². The Bertz CT molecular complexity index is 372. The molecule has 1 unspecified atom stereocenters. The summed E-state index contributed by atoms with van der Waals surface area (Å²) in [5, 5.41) is 0. The molecule has 3 heteroatoms.